The summed E-state index contributed by atoms with van der Waals surface area (Å²) < 4.78 is 31.4. The van der Waals surface area contributed by atoms with Gasteiger partial charge in [-0.25, -0.2) is 13.4 Å². The van der Waals surface area contributed by atoms with Crippen LogP contribution in [0, 0.1) is 0 Å². The predicted octanol–water partition coefficient (Wildman–Crippen LogP) is 0.856. The number of aliphatic imine (C=N–C) groups is 1. The van der Waals surface area contributed by atoms with Crippen LogP contribution in [0.2, 0.25) is 0 Å². The van der Waals surface area contributed by atoms with E-state index in [2.05, 4.69) is 9.98 Å². The quantitative estimate of drug-likeness (QED) is 0.803. The van der Waals surface area contributed by atoms with Crippen molar-refractivity contribution in [3.05, 3.63) is 30.1 Å². The Morgan fingerprint density at radius 2 is 2.16 bits per heavy atom. The third-order valence-electron chi connectivity index (χ3n) is 2.93. The van der Waals surface area contributed by atoms with E-state index in [0.29, 0.717) is 24.6 Å². The molecule has 2 rings (SSSR count). The number of nitrogens with zero attached hydrogens (tertiary/aromatic N) is 3. The van der Waals surface area contributed by atoms with Crippen LogP contribution >= 0.6 is 0 Å². The number of hydrogen-bond acceptors (Lipinski definition) is 5. The molecule has 0 saturated heterocycles. The molecule has 1 atom stereocenters. The normalized spacial score (nSPS) is 19.3. The van der Waals surface area contributed by atoms with Gasteiger partial charge < -0.3 is 4.74 Å². The van der Waals surface area contributed by atoms with E-state index in [-0.39, 0.29) is 6.54 Å². The van der Waals surface area contributed by atoms with Crippen molar-refractivity contribution in [2.75, 3.05) is 19.6 Å². The molecule has 0 saturated carbocycles. The van der Waals surface area contributed by atoms with Crippen molar-refractivity contribution in [2.24, 2.45) is 4.99 Å². The minimum Gasteiger partial charge on any atom is -0.454 e. The number of hydrogen-bond donors (Lipinski definition) is 0. The Morgan fingerprint density at radius 3 is 2.74 bits per heavy atom. The topological polar surface area (TPSA) is 71.9 Å². The molecule has 2 heterocycles. The second-order valence-electron chi connectivity index (χ2n) is 4.06. The summed E-state index contributed by atoms with van der Waals surface area (Å²) in [6.07, 6.45) is 3.24. The van der Waals surface area contributed by atoms with E-state index in [1.165, 1.54) is 4.31 Å². The van der Waals surface area contributed by atoms with Gasteiger partial charge in [-0.2, -0.15) is 4.31 Å². The van der Waals surface area contributed by atoms with Gasteiger partial charge >= 0.3 is 0 Å². The number of sulfonamides is 1. The highest BCUT2D eigenvalue weighted by Gasteiger charge is 2.36. The van der Waals surface area contributed by atoms with Crippen molar-refractivity contribution in [3.8, 4) is 0 Å². The van der Waals surface area contributed by atoms with E-state index in [1.54, 1.807) is 38.4 Å². The van der Waals surface area contributed by atoms with Crippen molar-refractivity contribution < 1.29 is 13.2 Å². The molecule has 1 aromatic rings. The zero-order valence-corrected chi connectivity index (χ0v) is 11.8. The van der Waals surface area contributed by atoms with Crippen molar-refractivity contribution in [2.45, 2.75) is 19.3 Å². The average Bonchev–Trinajstić information content (AvgIpc) is 2.91. The van der Waals surface area contributed by atoms with Gasteiger partial charge in [0.2, 0.25) is 11.3 Å². The van der Waals surface area contributed by atoms with Crippen LogP contribution in [-0.2, 0) is 14.8 Å². The fourth-order valence-electron chi connectivity index (χ4n) is 1.91. The molecule has 0 N–H and O–H groups in total. The molecule has 6 nitrogen and oxygen atoms in total. The molecule has 0 aliphatic carbocycles. The molecule has 1 aliphatic heterocycles. The molecule has 19 heavy (non-hydrogen) atoms. The second-order valence-corrected chi connectivity index (χ2v) is 6.14. The molecule has 7 heteroatoms. The Hall–Kier alpha value is -1.47. The first-order valence-electron chi connectivity index (χ1n) is 6.20. The number of pyridine rings is 1. The summed E-state index contributed by atoms with van der Waals surface area (Å²) in [5.41, 5.74) is -0.234. The largest absolute Gasteiger partial charge is 0.454 e. The minimum atomic E-state index is -3.47. The van der Waals surface area contributed by atoms with Gasteiger partial charge in [0.1, 0.15) is 0 Å². The molecule has 1 aromatic heterocycles. The molecule has 0 radical (unpaired) electrons. The maximum atomic E-state index is 12.3. The zero-order chi connectivity index (χ0) is 13.9. The monoisotopic (exact) mass is 283 g/mol. The summed E-state index contributed by atoms with van der Waals surface area (Å²) in [5.74, 6) is 0.342. The van der Waals surface area contributed by atoms with E-state index in [9.17, 15) is 8.42 Å². The van der Waals surface area contributed by atoms with Crippen LogP contribution in [0.3, 0.4) is 0 Å². The fourth-order valence-corrected chi connectivity index (χ4v) is 3.44. The van der Waals surface area contributed by atoms with Crippen LogP contribution in [0.25, 0.3) is 0 Å². The van der Waals surface area contributed by atoms with Crippen LogP contribution in [0.4, 0.5) is 0 Å². The molecule has 0 fully saturated rings. The van der Waals surface area contributed by atoms with E-state index in [0.717, 1.165) is 0 Å². The van der Waals surface area contributed by atoms with Gasteiger partial charge in [0.05, 0.1) is 12.1 Å². The van der Waals surface area contributed by atoms with Gasteiger partial charge in [0.15, 0.2) is 0 Å². The molecule has 0 aromatic carbocycles. The molecule has 0 amide bonds. The predicted molar refractivity (Wildman–Crippen MR) is 72.4 cm³/mol. The number of rotatable bonds is 5. The van der Waals surface area contributed by atoms with Gasteiger partial charge in [-0.3, -0.25) is 4.98 Å². The smallest absolute Gasteiger partial charge is 0.254 e. The standard InChI is InChI=1S/C12H17N3O3S/c1-3-15(4-2)19(16,17)11-9-14-12(18-11)10-6-5-7-13-8-10/h5-8,11H,3-4,9H2,1-2H3. The summed E-state index contributed by atoms with van der Waals surface area (Å²) in [6.45, 7) is 4.60. The lowest BCUT2D eigenvalue weighted by Crippen LogP contribution is -2.40. The minimum absolute atomic E-state index is 0.128. The lowest BCUT2D eigenvalue weighted by Gasteiger charge is -2.22. The Kier molecular flexibility index (Phi) is 4.16. The Bertz CT molecular complexity index is 553. The second kappa shape index (κ2) is 5.66. The number of aromatic nitrogens is 1. The lowest BCUT2D eigenvalue weighted by atomic mass is 10.3. The van der Waals surface area contributed by atoms with Crippen molar-refractivity contribution >= 4 is 15.9 Å². The zero-order valence-electron chi connectivity index (χ0n) is 11.0. The van der Waals surface area contributed by atoms with Crippen LogP contribution in [0.5, 0.6) is 0 Å². The van der Waals surface area contributed by atoms with E-state index >= 15 is 0 Å². The average molecular weight is 283 g/mol. The third kappa shape index (κ3) is 2.76. The molecule has 0 bridgehead atoms. The van der Waals surface area contributed by atoms with Gasteiger partial charge in [0.25, 0.3) is 10.0 Å². The van der Waals surface area contributed by atoms with Crippen molar-refractivity contribution in [1.82, 2.24) is 9.29 Å². The highest BCUT2D eigenvalue weighted by atomic mass is 32.2. The van der Waals surface area contributed by atoms with Gasteiger partial charge in [-0.15, -0.1) is 0 Å². The Labute approximate surface area is 113 Å². The summed E-state index contributed by atoms with van der Waals surface area (Å²) in [6, 6.07) is 3.55. The SMILES string of the molecule is CCN(CC)S(=O)(=O)C1CN=C(c2cccnc2)O1. The molecular weight excluding hydrogens is 266 g/mol. The first kappa shape index (κ1) is 14.0. The van der Waals surface area contributed by atoms with Crippen molar-refractivity contribution in [3.63, 3.8) is 0 Å². The van der Waals surface area contributed by atoms with Crippen LogP contribution in [-0.4, -0.2) is 48.7 Å². The molecule has 0 spiro atoms. The van der Waals surface area contributed by atoms with E-state index < -0.39 is 15.5 Å². The highest BCUT2D eigenvalue weighted by molar-refractivity contribution is 7.89. The summed E-state index contributed by atoms with van der Waals surface area (Å²) >= 11 is 0. The Morgan fingerprint density at radius 1 is 1.42 bits per heavy atom. The van der Waals surface area contributed by atoms with Gasteiger partial charge in [-0.1, -0.05) is 13.8 Å². The molecule has 1 unspecified atom stereocenters. The lowest BCUT2D eigenvalue weighted by molar-refractivity contribution is 0.280. The Balaban J connectivity index is 2.13. The maximum Gasteiger partial charge on any atom is 0.254 e. The van der Waals surface area contributed by atoms with Crippen LogP contribution in [0.15, 0.2) is 29.5 Å². The third-order valence-corrected chi connectivity index (χ3v) is 5.08. The van der Waals surface area contributed by atoms with Crippen LogP contribution < -0.4 is 0 Å². The first-order chi connectivity index (χ1) is 9.09. The molecular formula is C12H17N3O3S. The maximum absolute atomic E-state index is 12.3. The summed E-state index contributed by atoms with van der Waals surface area (Å²) in [7, 11) is -3.47. The van der Waals surface area contributed by atoms with E-state index in [4.69, 9.17) is 4.74 Å². The van der Waals surface area contributed by atoms with Gasteiger partial charge in [-0.05, 0) is 12.1 Å². The van der Waals surface area contributed by atoms with Crippen molar-refractivity contribution in [1.29, 1.82) is 0 Å². The summed E-state index contributed by atoms with van der Waals surface area (Å²) in [4.78, 5) is 8.12. The highest BCUT2D eigenvalue weighted by Crippen LogP contribution is 2.18. The summed E-state index contributed by atoms with van der Waals surface area (Å²) in [5, 5.41) is 0. The fraction of sp³-hybridized carbons (Fsp3) is 0.500. The number of ether oxygens (including phenoxy) is 1. The molecule has 104 valence electrons. The van der Waals surface area contributed by atoms with E-state index in [1.807, 2.05) is 0 Å². The first-order valence-corrected chi connectivity index (χ1v) is 7.70. The van der Waals surface area contributed by atoms with Gasteiger partial charge in [0, 0.05) is 25.5 Å². The van der Waals surface area contributed by atoms with Crippen LogP contribution in [0.1, 0.15) is 19.4 Å². The molecule has 1 aliphatic rings.